The van der Waals surface area contributed by atoms with Gasteiger partial charge in [-0.05, 0) is 62.4 Å². The largest absolute Gasteiger partial charge is 0.461 e. The van der Waals surface area contributed by atoms with Crippen LogP contribution in [0.25, 0.3) is 16.8 Å². The van der Waals surface area contributed by atoms with Gasteiger partial charge in [0.15, 0.2) is 5.69 Å². The van der Waals surface area contributed by atoms with Gasteiger partial charge in [-0.3, -0.25) is 4.68 Å². The molecule has 3 heterocycles. The summed E-state index contributed by atoms with van der Waals surface area (Å²) in [6, 6.07) is 13.4. The summed E-state index contributed by atoms with van der Waals surface area (Å²) in [6.45, 7) is 4.28. The minimum Gasteiger partial charge on any atom is -0.461 e. The van der Waals surface area contributed by atoms with Crippen molar-refractivity contribution in [2.75, 3.05) is 6.61 Å². The van der Waals surface area contributed by atoms with Gasteiger partial charge in [0.25, 0.3) is 0 Å². The molecule has 0 saturated carbocycles. The lowest BCUT2D eigenvalue weighted by molar-refractivity contribution is 0.0518. The summed E-state index contributed by atoms with van der Waals surface area (Å²) in [4.78, 5) is 11.9. The zero-order valence-electron chi connectivity index (χ0n) is 15.9. The molecule has 0 spiro atoms. The van der Waals surface area contributed by atoms with E-state index < -0.39 is 5.97 Å². The smallest absolute Gasteiger partial charge is 0.358 e. The number of aromatic nitrogens is 4. The second kappa shape index (κ2) is 7.67. The summed E-state index contributed by atoms with van der Waals surface area (Å²) in [5.74, 6) is -0.754. The molecule has 0 saturated heterocycles. The zero-order valence-corrected chi connectivity index (χ0v) is 16.7. The Balaban J connectivity index is 1.72. The molecule has 6 nitrogen and oxygen atoms in total. The molecule has 0 aliphatic rings. The SMILES string of the molecule is CCOC(=O)c1cc(C)n(Cc2cc(Cl)cc3cc(-c4ccc(F)cc4)nn23)n1. The Morgan fingerprint density at radius 2 is 1.90 bits per heavy atom. The molecule has 0 atom stereocenters. The highest BCUT2D eigenvalue weighted by molar-refractivity contribution is 6.31. The van der Waals surface area contributed by atoms with Gasteiger partial charge in [0.1, 0.15) is 5.82 Å². The Hall–Kier alpha value is -3.19. The molecule has 0 bridgehead atoms. The maximum absolute atomic E-state index is 13.2. The number of fused-ring (bicyclic) bond motifs is 1. The summed E-state index contributed by atoms with van der Waals surface area (Å²) in [5.41, 5.74) is 4.18. The fourth-order valence-electron chi connectivity index (χ4n) is 3.13. The molecule has 29 heavy (non-hydrogen) atoms. The quantitative estimate of drug-likeness (QED) is 0.452. The van der Waals surface area contributed by atoms with Crippen molar-refractivity contribution in [2.45, 2.75) is 20.4 Å². The lowest BCUT2D eigenvalue weighted by atomic mass is 10.1. The molecular weight excluding hydrogens is 395 g/mol. The number of carbonyl (C=O) groups excluding carboxylic acids is 1. The highest BCUT2D eigenvalue weighted by Crippen LogP contribution is 2.24. The number of nitrogens with zero attached hydrogens (tertiary/aromatic N) is 4. The van der Waals surface area contributed by atoms with E-state index in [0.717, 1.165) is 22.5 Å². The number of aryl methyl sites for hydroxylation is 1. The van der Waals surface area contributed by atoms with Crippen LogP contribution in [0.5, 0.6) is 0 Å². The normalized spacial score (nSPS) is 11.2. The average Bonchev–Trinajstić information content (AvgIpc) is 3.26. The van der Waals surface area contributed by atoms with Crippen molar-refractivity contribution < 1.29 is 13.9 Å². The molecule has 1 aromatic carbocycles. The zero-order chi connectivity index (χ0) is 20.5. The number of ether oxygens (including phenoxy) is 1. The van der Waals surface area contributed by atoms with Crippen LogP contribution in [0.15, 0.2) is 48.5 Å². The van der Waals surface area contributed by atoms with Crippen molar-refractivity contribution in [3.8, 4) is 11.3 Å². The minimum absolute atomic E-state index is 0.259. The Labute approximate surface area is 171 Å². The van der Waals surface area contributed by atoms with E-state index in [1.807, 2.05) is 19.1 Å². The van der Waals surface area contributed by atoms with Gasteiger partial charge in [0, 0.05) is 16.3 Å². The molecule has 0 aliphatic carbocycles. The topological polar surface area (TPSA) is 61.4 Å². The van der Waals surface area contributed by atoms with E-state index in [9.17, 15) is 9.18 Å². The van der Waals surface area contributed by atoms with Crippen molar-refractivity contribution in [1.82, 2.24) is 19.4 Å². The Morgan fingerprint density at radius 3 is 2.62 bits per heavy atom. The van der Waals surface area contributed by atoms with E-state index in [-0.39, 0.29) is 11.5 Å². The third-order valence-corrected chi connectivity index (χ3v) is 4.73. The highest BCUT2D eigenvalue weighted by atomic mass is 35.5. The monoisotopic (exact) mass is 412 g/mol. The van der Waals surface area contributed by atoms with Gasteiger partial charge >= 0.3 is 5.97 Å². The lowest BCUT2D eigenvalue weighted by Gasteiger charge is -2.08. The Kier molecular flexibility index (Phi) is 5.07. The molecule has 4 aromatic rings. The first-order chi connectivity index (χ1) is 13.9. The third kappa shape index (κ3) is 3.86. The number of esters is 1. The van der Waals surface area contributed by atoms with Gasteiger partial charge in [-0.25, -0.2) is 13.7 Å². The summed E-state index contributed by atoms with van der Waals surface area (Å²) in [6.07, 6.45) is 0. The van der Waals surface area contributed by atoms with Crippen LogP contribution in [0.1, 0.15) is 28.8 Å². The fourth-order valence-corrected chi connectivity index (χ4v) is 3.37. The number of hydrogen-bond donors (Lipinski definition) is 0. The van der Waals surface area contributed by atoms with Crippen LogP contribution < -0.4 is 0 Å². The first kappa shape index (κ1) is 19.1. The van der Waals surface area contributed by atoms with Crippen molar-refractivity contribution in [2.24, 2.45) is 0 Å². The van der Waals surface area contributed by atoms with E-state index in [1.165, 1.54) is 12.1 Å². The van der Waals surface area contributed by atoms with E-state index >= 15 is 0 Å². The molecule has 0 radical (unpaired) electrons. The molecule has 0 amide bonds. The maximum Gasteiger partial charge on any atom is 0.358 e. The summed E-state index contributed by atoms with van der Waals surface area (Å²) >= 11 is 6.31. The summed E-state index contributed by atoms with van der Waals surface area (Å²) in [7, 11) is 0. The number of benzene rings is 1. The van der Waals surface area contributed by atoms with Crippen LogP contribution in [0, 0.1) is 12.7 Å². The molecular formula is C21H18ClFN4O2. The van der Waals surface area contributed by atoms with Gasteiger partial charge in [0.05, 0.1) is 30.1 Å². The molecule has 0 aliphatic heterocycles. The number of pyridine rings is 1. The number of halogens is 2. The van der Waals surface area contributed by atoms with Crippen LogP contribution in [-0.2, 0) is 11.3 Å². The minimum atomic E-state index is -0.455. The van der Waals surface area contributed by atoms with Crippen LogP contribution in [-0.4, -0.2) is 32.0 Å². The predicted octanol–water partition coefficient (Wildman–Crippen LogP) is 4.52. The Bertz CT molecular complexity index is 1200. The molecule has 0 unspecified atom stereocenters. The van der Waals surface area contributed by atoms with Crippen molar-refractivity contribution in [3.05, 3.63) is 76.5 Å². The van der Waals surface area contributed by atoms with Gasteiger partial charge in [-0.2, -0.15) is 10.2 Å². The van der Waals surface area contributed by atoms with Gasteiger partial charge < -0.3 is 4.74 Å². The molecule has 3 aromatic heterocycles. The van der Waals surface area contributed by atoms with Crippen molar-refractivity contribution in [1.29, 1.82) is 0 Å². The predicted molar refractivity (Wildman–Crippen MR) is 108 cm³/mol. The molecule has 8 heteroatoms. The molecule has 0 N–H and O–H groups in total. The number of carbonyl (C=O) groups is 1. The molecule has 148 valence electrons. The lowest BCUT2D eigenvalue weighted by Crippen LogP contribution is -2.11. The van der Waals surface area contributed by atoms with E-state index in [0.29, 0.717) is 23.9 Å². The fraction of sp³-hybridized carbons (Fsp3) is 0.190. The van der Waals surface area contributed by atoms with Crippen LogP contribution in [0.3, 0.4) is 0 Å². The third-order valence-electron chi connectivity index (χ3n) is 4.52. The van der Waals surface area contributed by atoms with E-state index in [2.05, 4.69) is 10.2 Å². The second-order valence-corrected chi connectivity index (χ2v) is 7.02. The van der Waals surface area contributed by atoms with Crippen LogP contribution >= 0.6 is 11.6 Å². The Morgan fingerprint density at radius 1 is 1.14 bits per heavy atom. The van der Waals surface area contributed by atoms with E-state index in [4.69, 9.17) is 16.3 Å². The van der Waals surface area contributed by atoms with Gasteiger partial charge in [0.2, 0.25) is 0 Å². The molecule has 0 fully saturated rings. The van der Waals surface area contributed by atoms with Gasteiger partial charge in [-0.1, -0.05) is 11.6 Å². The number of rotatable bonds is 5. The summed E-state index contributed by atoms with van der Waals surface area (Å²) in [5, 5.41) is 9.57. The standard InChI is InChI=1S/C21H18ClFN4O2/c1-3-29-21(28)20-8-13(2)26(24-20)12-18-10-15(22)9-17-11-19(25-27(17)18)14-4-6-16(23)7-5-14/h4-11H,3,12H2,1-2H3. The number of hydrogen-bond acceptors (Lipinski definition) is 4. The van der Waals surface area contributed by atoms with Crippen molar-refractivity contribution >= 4 is 23.1 Å². The maximum atomic E-state index is 13.2. The highest BCUT2D eigenvalue weighted by Gasteiger charge is 2.15. The van der Waals surface area contributed by atoms with E-state index in [1.54, 1.807) is 40.4 Å². The second-order valence-electron chi connectivity index (χ2n) is 6.59. The summed E-state index contributed by atoms with van der Waals surface area (Å²) < 4.78 is 21.7. The van der Waals surface area contributed by atoms with Crippen molar-refractivity contribution in [3.63, 3.8) is 0 Å². The first-order valence-electron chi connectivity index (χ1n) is 9.10. The van der Waals surface area contributed by atoms with Crippen LogP contribution in [0.2, 0.25) is 5.02 Å². The average molecular weight is 413 g/mol. The van der Waals surface area contributed by atoms with Gasteiger partial charge in [-0.15, -0.1) is 0 Å². The molecule has 4 rings (SSSR count). The first-order valence-corrected chi connectivity index (χ1v) is 9.48. The van der Waals surface area contributed by atoms with Crippen LogP contribution in [0.4, 0.5) is 4.39 Å².